The lowest BCUT2D eigenvalue weighted by molar-refractivity contribution is -0.136. The van der Waals surface area contributed by atoms with Gasteiger partial charge < -0.3 is 10.2 Å². The van der Waals surface area contributed by atoms with Gasteiger partial charge in [0.05, 0.1) is 5.60 Å². The number of allylic oxidation sites excluding steroid dienone is 1. The van der Waals surface area contributed by atoms with Crippen LogP contribution in [0.2, 0.25) is 0 Å². The Balaban J connectivity index is 1.50. The van der Waals surface area contributed by atoms with Crippen LogP contribution in [-0.4, -0.2) is 28.2 Å². The number of hydrogen-bond acceptors (Lipinski definition) is 3. The van der Waals surface area contributed by atoms with E-state index < -0.39 is 5.60 Å². The minimum absolute atomic E-state index is 0.0124. The van der Waals surface area contributed by atoms with E-state index in [0.717, 1.165) is 50.4 Å². The quantitative estimate of drug-likeness (QED) is 0.805. The van der Waals surface area contributed by atoms with Crippen LogP contribution in [0.4, 0.5) is 0 Å². The number of aliphatic hydroxyl groups is 2. The molecule has 144 valence electrons. The Labute approximate surface area is 157 Å². The number of ketones is 1. The van der Waals surface area contributed by atoms with Gasteiger partial charge in [-0.25, -0.2) is 0 Å². The summed E-state index contributed by atoms with van der Waals surface area (Å²) in [6, 6.07) is 0. The third kappa shape index (κ3) is 2.05. The molecule has 5 aliphatic carbocycles. The van der Waals surface area contributed by atoms with E-state index in [-0.39, 0.29) is 17.4 Å². The van der Waals surface area contributed by atoms with Gasteiger partial charge in [-0.15, -0.1) is 0 Å². The molecule has 5 rings (SSSR count). The summed E-state index contributed by atoms with van der Waals surface area (Å²) >= 11 is 0. The van der Waals surface area contributed by atoms with Gasteiger partial charge in [0.1, 0.15) is 0 Å². The number of rotatable bonds is 3. The molecule has 2 N–H and O–H groups in total. The largest absolute Gasteiger partial charge is 0.396 e. The van der Waals surface area contributed by atoms with E-state index in [9.17, 15) is 15.0 Å². The van der Waals surface area contributed by atoms with E-state index in [1.54, 1.807) is 0 Å². The van der Waals surface area contributed by atoms with Crippen molar-refractivity contribution in [2.45, 2.75) is 77.2 Å². The molecule has 4 fully saturated rings. The number of carbonyl (C=O) groups is 1. The molecule has 0 bridgehead atoms. The molecular weight excluding hydrogens is 324 g/mol. The zero-order chi connectivity index (χ0) is 18.3. The number of carbonyl (C=O) groups excluding carboxylic acids is 1. The van der Waals surface area contributed by atoms with E-state index >= 15 is 0 Å². The highest BCUT2D eigenvalue weighted by molar-refractivity contribution is 5.92. The van der Waals surface area contributed by atoms with E-state index in [1.807, 2.05) is 6.08 Å². The molecule has 0 spiro atoms. The summed E-state index contributed by atoms with van der Waals surface area (Å²) in [5.41, 5.74) is 1.15. The molecule has 3 nitrogen and oxygen atoms in total. The highest BCUT2D eigenvalue weighted by Crippen LogP contribution is 2.75. The summed E-state index contributed by atoms with van der Waals surface area (Å²) in [6.07, 6.45) is 10.9. The Morgan fingerprint density at radius 1 is 1.15 bits per heavy atom. The standard InChI is InChI=1S/C23H34O3/c1-21-8-4-14(25)12-19(21)15-13-16(15)20-17(21)5-9-22(2)18(20)6-10-23(22,26)7-3-11-24/h12,15-18,20,24,26H,3-11,13H2,1-2H3/t15-,16+,17+,18+,20-,21-,22+,23+/m1/s1. The summed E-state index contributed by atoms with van der Waals surface area (Å²) in [4.78, 5) is 12.1. The number of aliphatic hydroxyl groups excluding tert-OH is 1. The average molecular weight is 359 g/mol. The van der Waals surface area contributed by atoms with Crippen molar-refractivity contribution in [3.8, 4) is 0 Å². The highest BCUT2D eigenvalue weighted by Gasteiger charge is 2.69. The zero-order valence-corrected chi connectivity index (χ0v) is 16.3. The second-order valence-electron chi connectivity index (χ2n) is 10.6. The number of fused-ring (bicyclic) bond motifs is 8. The maximum Gasteiger partial charge on any atom is 0.155 e. The van der Waals surface area contributed by atoms with Crippen molar-refractivity contribution in [1.29, 1.82) is 0 Å². The molecule has 0 aromatic carbocycles. The monoisotopic (exact) mass is 358 g/mol. The summed E-state index contributed by atoms with van der Waals surface area (Å²) in [7, 11) is 0. The molecule has 4 saturated carbocycles. The third-order valence-electron chi connectivity index (χ3n) is 9.82. The Bertz CT molecular complexity index is 668. The lowest BCUT2D eigenvalue weighted by Crippen LogP contribution is -2.55. The summed E-state index contributed by atoms with van der Waals surface area (Å²) < 4.78 is 0. The van der Waals surface area contributed by atoms with Crippen molar-refractivity contribution >= 4 is 5.78 Å². The zero-order valence-electron chi connectivity index (χ0n) is 16.3. The summed E-state index contributed by atoms with van der Waals surface area (Å²) in [5, 5.41) is 20.8. The molecule has 0 aromatic heterocycles. The first-order valence-electron chi connectivity index (χ1n) is 10.9. The predicted octanol–water partition coefficient (Wildman–Crippen LogP) is 3.88. The smallest absolute Gasteiger partial charge is 0.155 e. The van der Waals surface area contributed by atoms with Crippen LogP contribution in [-0.2, 0) is 4.79 Å². The minimum atomic E-state index is -0.588. The first kappa shape index (κ1) is 17.4. The Kier molecular flexibility index (Phi) is 3.65. The summed E-state index contributed by atoms with van der Waals surface area (Å²) in [5.74, 6) is 3.81. The Morgan fingerprint density at radius 2 is 1.92 bits per heavy atom. The van der Waals surface area contributed by atoms with Crippen molar-refractivity contribution in [2.24, 2.45) is 40.4 Å². The topological polar surface area (TPSA) is 57.5 Å². The van der Waals surface area contributed by atoms with Crippen LogP contribution < -0.4 is 0 Å². The Morgan fingerprint density at radius 3 is 2.69 bits per heavy atom. The number of hydrogen-bond donors (Lipinski definition) is 2. The van der Waals surface area contributed by atoms with Crippen molar-refractivity contribution in [2.75, 3.05) is 6.61 Å². The van der Waals surface area contributed by atoms with Crippen molar-refractivity contribution < 1.29 is 15.0 Å². The van der Waals surface area contributed by atoms with E-state index in [4.69, 9.17) is 0 Å². The van der Waals surface area contributed by atoms with Gasteiger partial charge in [-0.3, -0.25) is 4.79 Å². The SMILES string of the molecule is C[C@]12CCC(=O)C=C1[C@@H]1C[C@@H]1[C@@H]1[C@@H]2CC[C@@]2(C)[C@H]1CC[C@@]2(O)CCCO. The minimum Gasteiger partial charge on any atom is -0.396 e. The van der Waals surface area contributed by atoms with Crippen LogP contribution in [0, 0.1) is 40.4 Å². The van der Waals surface area contributed by atoms with Crippen LogP contribution >= 0.6 is 0 Å². The van der Waals surface area contributed by atoms with Gasteiger partial charge in [-0.1, -0.05) is 19.4 Å². The molecule has 26 heavy (non-hydrogen) atoms. The van der Waals surface area contributed by atoms with E-state index in [2.05, 4.69) is 13.8 Å². The van der Waals surface area contributed by atoms with Gasteiger partial charge in [0.15, 0.2) is 5.78 Å². The fraction of sp³-hybridized carbons (Fsp3) is 0.870. The fourth-order valence-electron chi connectivity index (χ4n) is 8.29. The molecular formula is C23H34O3. The predicted molar refractivity (Wildman–Crippen MR) is 100 cm³/mol. The lowest BCUT2D eigenvalue weighted by atomic mass is 9.46. The van der Waals surface area contributed by atoms with Crippen LogP contribution in [0.3, 0.4) is 0 Å². The van der Waals surface area contributed by atoms with Gasteiger partial charge in [0.25, 0.3) is 0 Å². The normalized spacial score (nSPS) is 54.7. The van der Waals surface area contributed by atoms with Gasteiger partial charge >= 0.3 is 0 Å². The molecule has 0 aromatic rings. The molecule has 0 aliphatic heterocycles. The Hall–Kier alpha value is -0.670. The van der Waals surface area contributed by atoms with Crippen LogP contribution in [0.15, 0.2) is 11.6 Å². The van der Waals surface area contributed by atoms with Gasteiger partial charge in [0.2, 0.25) is 0 Å². The van der Waals surface area contributed by atoms with Crippen molar-refractivity contribution in [3.05, 3.63) is 11.6 Å². The van der Waals surface area contributed by atoms with E-state index in [0.29, 0.717) is 30.0 Å². The molecule has 8 atom stereocenters. The van der Waals surface area contributed by atoms with Gasteiger partial charge in [-0.05, 0) is 97.9 Å². The molecule has 0 radical (unpaired) electrons. The molecule has 0 unspecified atom stereocenters. The first-order valence-corrected chi connectivity index (χ1v) is 10.9. The van der Waals surface area contributed by atoms with Crippen molar-refractivity contribution in [1.82, 2.24) is 0 Å². The van der Waals surface area contributed by atoms with Crippen molar-refractivity contribution in [3.63, 3.8) is 0 Å². The fourth-order valence-corrected chi connectivity index (χ4v) is 8.29. The van der Waals surface area contributed by atoms with Crippen LogP contribution in [0.5, 0.6) is 0 Å². The molecule has 5 aliphatic rings. The van der Waals surface area contributed by atoms with Crippen LogP contribution in [0.25, 0.3) is 0 Å². The maximum absolute atomic E-state index is 12.1. The van der Waals surface area contributed by atoms with Gasteiger partial charge in [-0.2, -0.15) is 0 Å². The van der Waals surface area contributed by atoms with E-state index in [1.165, 1.54) is 18.4 Å². The molecule has 0 amide bonds. The summed E-state index contributed by atoms with van der Waals surface area (Å²) in [6.45, 7) is 4.99. The molecule has 0 heterocycles. The second kappa shape index (κ2) is 5.44. The highest BCUT2D eigenvalue weighted by atomic mass is 16.3. The average Bonchev–Trinajstić information content (AvgIpc) is 3.35. The molecule has 3 heteroatoms. The molecule has 0 saturated heterocycles. The lowest BCUT2D eigenvalue weighted by Gasteiger charge is -2.59. The second-order valence-corrected chi connectivity index (χ2v) is 10.6. The van der Waals surface area contributed by atoms with Crippen LogP contribution in [0.1, 0.15) is 71.6 Å². The first-order chi connectivity index (χ1) is 12.3. The maximum atomic E-state index is 12.1. The third-order valence-corrected chi connectivity index (χ3v) is 9.82. The van der Waals surface area contributed by atoms with Gasteiger partial charge in [0, 0.05) is 13.0 Å².